The summed E-state index contributed by atoms with van der Waals surface area (Å²) in [5.41, 5.74) is 0. The van der Waals surface area contributed by atoms with Crippen LogP contribution in [0.1, 0.15) is 13.3 Å². The zero-order chi connectivity index (χ0) is 8.97. The predicted molar refractivity (Wildman–Crippen MR) is 44.1 cm³/mol. The normalized spacial score (nSPS) is 17.8. The molecule has 1 saturated heterocycles. The molecule has 0 aliphatic carbocycles. The van der Waals surface area contributed by atoms with E-state index in [1.54, 1.807) is 9.80 Å². The van der Waals surface area contributed by atoms with Crippen LogP contribution in [-0.2, 0) is 9.59 Å². The second kappa shape index (κ2) is 4.09. The fraction of sp³-hybridized carbons (Fsp3) is 0.750. The molecule has 0 unspecified atom stereocenters. The quantitative estimate of drug-likeness (QED) is 0.564. The van der Waals surface area contributed by atoms with E-state index in [1.165, 1.54) is 0 Å². The number of carbonyl (C=O) groups excluding carboxylic acids is 2. The first-order chi connectivity index (χ1) is 5.77. The van der Waals surface area contributed by atoms with Crippen LogP contribution in [0.25, 0.3) is 0 Å². The van der Waals surface area contributed by atoms with E-state index in [-0.39, 0.29) is 5.91 Å². The molecule has 0 aromatic rings. The molecule has 0 spiro atoms. The van der Waals surface area contributed by atoms with Crippen molar-refractivity contribution in [2.75, 3.05) is 26.2 Å². The van der Waals surface area contributed by atoms with Gasteiger partial charge in [0.05, 0.1) is 0 Å². The van der Waals surface area contributed by atoms with E-state index >= 15 is 0 Å². The first-order valence-corrected chi connectivity index (χ1v) is 4.18. The van der Waals surface area contributed by atoms with Gasteiger partial charge >= 0.3 is 6.41 Å². The molecule has 0 saturated carbocycles. The predicted octanol–water partition coefficient (Wildman–Crippen LogP) is -0.392. The summed E-state index contributed by atoms with van der Waals surface area (Å²) in [6, 6.07) is 0. The monoisotopic (exact) mass is 169 g/mol. The molecule has 1 fully saturated rings. The lowest BCUT2D eigenvalue weighted by Crippen LogP contribution is -2.47. The maximum atomic E-state index is 11.2. The SMILES string of the molecule is CCC(=O)N1CCN([C]=O)CC1. The van der Waals surface area contributed by atoms with Gasteiger partial charge in [-0.05, 0) is 0 Å². The Morgan fingerprint density at radius 3 is 2.33 bits per heavy atom. The van der Waals surface area contributed by atoms with E-state index < -0.39 is 0 Å². The van der Waals surface area contributed by atoms with Gasteiger partial charge in [0, 0.05) is 32.6 Å². The van der Waals surface area contributed by atoms with E-state index in [0.717, 1.165) is 0 Å². The molecule has 67 valence electrons. The van der Waals surface area contributed by atoms with Crippen molar-refractivity contribution < 1.29 is 9.59 Å². The third-order valence-corrected chi connectivity index (χ3v) is 2.06. The van der Waals surface area contributed by atoms with Crippen molar-refractivity contribution in [1.82, 2.24) is 9.80 Å². The second-order valence-electron chi connectivity index (χ2n) is 2.81. The molecule has 1 aliphatic rings. The van der Waals surface area contributed by atoms with Crippen molar-refractivity contribution in [2.24, 2.45) is 0 Å². The molecule has 0 atom stereocenters. The molecule has 0 bridgehead atoms. The van der Waals surface area contributed by atoms with Crippen LogP contribution in [-0.4, -0.2) is 48.3 Å². The molecule has 2 amide bonds. The third-order valence-electron chi connectivity index (χ3n) is 2.06. The van der Waals surface area contributed by atoms with E-state index in [0.29, 0.717) is 32.6 Å². The summed E-state index contributed by atoms with van der Waals surface area (Å²) in [7, 11) is 0. The van der Waals surface area contributed by atoms with Gasteiger partial charge in [0.2, 0.25) is 5.91 Å². The van der Waals surface area contributed by atoms with Crippen LogP contribution in [0.4, 0.5) is 0 Å². The highest BCUT2D eigenvalue weighted by Crippen LogP contribution is 2.01. The van der Waals surface area contributed by atoms with Crippen molar-refractivity contribution in [3.8, 4) is 0 Å². The Hall–Kier alpha value is -1.06. The highest BCUT2D eigenvalue weighted by Gasteiger charge is 2.18. The summed E-state index contributed by atoms with van der Waals surface area (Å²) < 4.78 is 0. The molecule has 1 aliphatic heterocycles. The average Bonchev–Trinajstić information content (AvgIpc) is 2.17. The number of piperazine rings is 1. The molecular weight excluding hydrogens is 156 g/mol. The Labute approximate surface area is 72.1 Å². The van der Waals surface area contributed by atoms with Crippen LogP contribution in [0.5, 0.6) is 0 Å². The van der Waals surface area contributed by atoms with Gasteiger partial charge in [0.25, 0.3) is 0 Å². The van der Waals surface area contributed by atoms with Crippen LogP contribution in [0.3, 0.4) is 0 Å². The number of amides is 2. The standard InChI is InChI=1S/C8H13N2O2/c1-2-8(12)10-5-3-9(7-11)4-6-10/h2-6H2,1H3. The summed E-state index contributed by atoms with van der Waals surface area (Å²) in [4.78, 5) is 24.7. The van der Waals surface area contributed by atoms with Crippen LogP contribution < -0.4 is 0 Å². The molecule has 12 heavy (non-hydrogen) atoms. The Bertz CT molecular complexity index is 174. The van der Waals surface area contributed by atoms with E-state index in [1.807, 2.05) is 13.3 Å². The van der Waals surface area contributed by atoms with Crippen LogP contribution in [0, 0.1) is 0 Å². The van der Waals surface area contributed by atoms with E-state index in [4.69, 9.17) is 0 Å². The molecule has 0 N–H and O–H groups in total. The average molecular weight is 169 g/mol. The third kappa shape index (κ3) is 1.96. The van der Waals surface area contributed by atoms with Crippen LogP contribution in [0.15, 0.2) is 0 Å². The second-order valence-corrected chi connectivity index (χ2v) is 2.81. The Morgan fingerprint density at radius 2 is 1.92 bits per heavy atom. The molecule has 4 nitrogen and oxygen atoms in total. The van der Waals surface area contributed by atoms with Crippen molar-refractivity contribution in [3.63, 3.8) is 0 Å². The zero-order valence-corrected chi connectivity index (χ0v) is 7.25. The summed E-state index contributed by atoms with van der Waals surface area (Å²) in [6.07, 6.45) is 2.37. The van der Waals surface area contributed by atoms with Crippen molar-refractivity contribution in [2.45, 2.75) is 13.3 Å². The molecule has 1 heterocycles. The van der Waals surface area contributed by atoms with Crippen LogP contribution >= 0.6 is 0 Å². The fourth-order valence-corrected chi connectivity index (χ4v) is 1.27. The van der Waals surface area contributed by atoms with Gasteiger partial charge in [-0.2, -0.15) is 0 Å². The van der Waals surface area contributed by atoms with E-state index in [9.17, 15) is 9.59 Å². The van der Waals surface area contributed by atoms with Gasteiger partial charge < -0.3 is 9.80 Å². The Kier molecular flexibility index (Phi) is 3.08. The van der Waals surface area contributed by atoms with Gasteiger partial charge in [-0.25, -0.2) is 0 Å². The van der Waals surface area contributed by atoms with E-state index in [2.05, 4.69) is 0 Å². The van der Waals surface area contributed by atoms with Gasteiger partial charge in [0.15, 0.2) is 0 Å². The number of hydrogen-bond acceptors (Lipinski definition) is 2. The lowest BCUT2D eigenvalue weighted by Gasteiger charge is -2.31. The topological polar surface area (TPSA) is 40.6 Å². The maximum Gasteiger partial charge on any atom is 0.312 e. The Balaban J connectivity index is 2.35. The highest BCUT2D eigenvalue weighted by atomic mass is 16.2. The maximum absolute atomic E-state index is 11.2. The summed E-state index contributed by atoms with van der Waals surface area (Å²) in [5, 5.41) is 0. The van der Waals surface area contributed by atoms with Crippen LogP contribution in [0.2, 0.25) is 0 Å². The highest BCUT2D eigenvalue weighted by molar-refractivity contribution is 5.76. The summed E-state index contributed by atoms with van der Waals surface area (Å²) in [5.74, 6) is 0.167. The molecule has 4 heteroatoms. The molecule has 0 aromatic heterocycles. The molecule has 0 aromatic carbocycles. The summed E-state index contributed by atoms with van der Waals surface area (Å²) in [6.45, 7) is 4.40. The molecular formula is C8H13N2O2. The Morgan fingerprint density at radius 1 is 1.33 bits per heavy atom. The lowest BCUT2D eigenvalue weighted by atomic mass is 10.3. The first-order valence-electron chi connectivity index (χ1n) is 4.18. The first kappa shape index (κ1) is 9.03. The smallest absolute Gasteiger partial charge is 0.312 e. The van der Waals surface area contributed by atoms with Gasteiger partial charge in [-0.15, -0.1) is 0 Å². The fourth-order valence-electron chi connectivity index (χ4n) is 1.27. The van der Waals surface area contributed by atoms with Gasteiger partial charge in [-0.1, -0.05) is 6.92 Å². The van der Waals surface area contributed by atoms with Crippen molar-refractivity contribution >= 4 is 12.3 Å². The minimum Gasteiger partial charge on any atom is -0.339 e. The van der Waals surface area contributed by atoms with Gasteiger partial charge in [0.1, 0.15) is 0 Å². The minimum absolute atomic E-state index is 0.167. The lowest BCUT2D eigenvalue weighted by molar-refractivity contribution is -0.132. The van der Waals surface area contributed by atoms with Gasteiger partial charge in [-0.3, -0.25) is 9.59 Å². The number of rotatable bonds is 2. The van der Waals surface area contributed by atoms with Crippen molar-refractivity contribution in [3.05, 3.63) is 0 Å². The number of hydrogen-bond donors (Lipinski definition) is 0. The largest absolute Gasteiger partial charge is 0.339 e. The minimum atomic E-state index is 0.167. The number of carbonyl (C=O) groups is 1. The molecule has 1 rings (SSSR count). The number of nitrogens with zero attached hydrogens (tertiary/aromatic N) is 2. The summed E-state index contributed by atoms with van der Waals surface area (Å²) >= 11 is 0. The van der Waals surface area contributed by atoms with Crippen molar-refractivity contribution in [1.29, 1.82) is 0 Å². The molecule has 1 radical (unpaired) electrons. The zero-order valence-electron chi connectivity index (χ0n) is 7.25.